The number of hydrogen-bond donors (Lipinski definition) is 2. The highest BCUT2D eigenvalue weighted by atomic mass is 16.4. The maximum atomic E-state index is 11.9. The fourth-order valence-corrected chi connectivity index (χ4v) is 2.99. The molecule has 1 heterocycles. The molecule has 1 fully saturated rings. The van der Waals surface area contributed by atoms with E-state index in [4.69, 9.17) is 0 Å². The first kappa shape index (κ1) is 17.3. The van der Waals surface area contributed by atoms with Crippen LogP contribution in [0, 0.1) is 5.92 Å². The van der Waals surface area contributed by atoms with E-state index in [2.05, 4.69) is 17.1 Å². The van der Waals surface area contributed by atoms with Gasteiger partial charge < -0.3 is 15.3 Å². The summed E-state index contributed by atoms with van der Waals surface area (Å²) in [4.78, 5) is 25.6. The second kappa shape index (κ2) is 7.99. The summed E-state index contributed by atoms with van der Waals surface area (Å²) in [6.45, 7) is 6.13. The maximum absolute atomic E-state index is 11.9. The number of carbonyl (C=O) groups is 2. The van der Waals surface area contributed by atoms with E-state index < -0.39 is 5.97 Å². The average Bonchev–Trinajstić information content (AvgIpc) is 2.53. The Kier molecular flexibility index (Phi) is 6.02. The van der Waals surface area contributed by atoms with Gasteiger partial charge in [0, 0.05) is 25.2 Å². The smallest absolute Gasteiger partial charge is 0.337 e. The number of amides is 1. The molecule has 0 spiro atoms. The fraction of sp³-hybridized carbons (Fsp3) is 0.556. The predicted molar refractivity (Wildman–Crippen MR) is 92.2 cm³/mol. The highest BCUT2D eigenvalue weighted by molar-refractivity contribution is 6.01. The van der Waals surface area contributed by atoms with Gasteiger partial charge in [0.25, 0.3) is 0 Å². The normalized spacial score (nSPS) is 17.8. The highest BCUT2D eigenvalue weighted by Crippen LogP contribution is 2.27. The van der Waals surface area contributed by atoms with E-state index in [1.807, 2.05) is 13.0 Å². The molecule has 1 amide bonds. The van der Waals surface area contributed by atoms with E-state index in [0.717, 1.165) is 38.0 Å². The Balaban J connectivity index is 2.17. The van der Waals surface area contributed by atoms with Gasteiger partial charge in [-0.3, -0.25) is 4.79 Å². The number of anilines is 2. The molecular formula is C18H26N2O3. The first-order chi connectivity index (χ1) is 11.0. The molecule has 5 heteroatoms. The van der Waals surface area contributed by atoms with Gasteiger partial charge in [-0.2, -0.15) is 0 Å². The van der Waals surface area contributed by atoms with E-state index in [-0.39, 0.29) is 11.5 Å². The van der Waals surface area contributed by atoms with E-state index in [9.17, 15) is 14.7 Å². The number of piperidine rings is 1. The van der Waals surface area contributed by atoms with Crippen molar-refractivity contribution >= 4 is 23.3 Å². The molecule has 0 aromatic heterocycles. The Morgan fingerprint density at radius 1 is 1.39 bits per heavy atom. The molecule has 23 heavy (non-hydrogen) atoms. The molecular weight excluding hydrogens is 292 g/mol. The summed E-state index contributed by atoms with van der Waals surface area (Å²) in [6.07, 6.45) is 4.50. The summed E-state index contributed by atoms with van der Waals surface area (Å²) in [6, 6.07) is 5.29. The van der Waals surface area contributed by atoms with E-state index >= 15 is 0 Å². The monoisotopic (exact) mass is 318 g/mol. The fourth-order valence-electron chi connectivity index (χ4n) is 2.99. The highest BCUT2D eigenvalue weighted by Gasteiger charge is 2.19. The van der Waals surface area contributed by atoms with Crippen LogP contribution < -0.4 is 10.2 Å². The standard InChI is InChI=1S/C18H26N2O3/c1-3-4-7-17(21)19-16-9-8-14(11-15(16)18(22)23)20-10-5-6-13(2)12-20/h8-9,11,13H,3-7,10,12H2,1-2H3,(H,19,21)(H,22,23). The summed E-state index contributed by atoms with van der Waals surface area (Å²) < 4.78 is 0. The van der Waals surface area contributed by atoms with Crippen LogP contribution in [-0.2, 0) is 4.79 Å². The second-order valence-electron chi connectivity index (χ2n) is 6.38. The Hall–Kier alpha value is -2.04. The number of nitrogens with zero attached hydrogens (tertiary/aromatic N) is 1. The lowest BCUT2D eigenvalue weighted by molar-refractivity contribution is -0.116. The van der Waals surface area contributed by atoms with Crippen molar-refractivity contribution in [1.29, 1.82) is 0 Å². The van der Waals surface area contributed by atoms with Gasteiger partial charge in [0.05, 0.1) is 11.3 Å². The van der Waals surface area contributed by atoms with E-state index in [1.54, 1.807) is 12.1 Å². The minimum atomic E-state index is -1.01. The number of hydrogen-bond acceptors (Lipinski definition) is 3. The van der Waals surface area contributed by atoms with Crippen molar-refractivity contribution in [1.82, 2.24) is 0 Å². The molecule has 1 aromatic carbocycles. The van der Waals surface area contributed by atoms with Crippen molar-refractivity contribution in [3.63, 3.8) is 0 Å². The van der Waals surface area contributed by atoms with Gasteiger partial charge in [0.15, 0.2) is 0 Å². The molecule has 0 saturated carbocycles. The van der Waals surface area contributed by atoms with Crippen molar-refractivity contribution in [2.45, 2.75) is 46.0 Å². The Morgan fingerprint density at radius 2 is 2.17 bits per heavy atom. The van der Waals surface area contributed by atoms with E-state index in [0.29, 0.717) is 18.0 Å². The van der Waals surface area contributed by atoms with Crippen molar-refractivity contribution in [3.8, 4) is 0 Å². The van der Waals surface area contributed by atoms with Crippen LogP contribution in [-0.4, -0.2) is 30.1 Å². The summed E-state index contributed by atoms with van der Waals surface area (Å²) >= 11 is 0. The zero-order valence-corrected chi connectivity index (χ0v) is 14.0. The topological polar surface area (TPSA) is 69.6 Å². The van der Waals surface area contributed by atoms with Gasteiger partial charge in [0.1, 0.15) is 0 Å². The van der Waals surface area contributed by atoms with Crippen LogP contribution in [0.1, 0.15) is 56.3 Å². The predicted octanol–water partition coefficient (Wildman–Crippen LogP) is 3.75. The second-order valence-corrected chi connectivity index (χ2v) is 6.38. The molecule has 1 saturated heterocycles. The van der Waals surface area contributed by atoms with Crippen LogP contribution in [0.3, 0.4) is 0 Å². The van der Waals surface area contributed by atoms with Crippen molar-refractivity contribution < 1.29 is 14.7 Å². The molecule has 1 aliphatic rings. The molecule has 1 atom stereocenters. The molecule has 0 aliphatic carbocycles. The largest absolute Gasteiger partial charge is 0.478 e. The lowest BCUT2D eigenvalue weighted by atomic mass is 9.99. The minimum Gasteiger partial charge on any atom is -0.478 e. The van der Waals surface area contributed by atoms with Crippen molar-refractivity contribution in [3.05, 3.63) is 23.8 Å². The number of carboxylic acid groups (broad SMARTS) is 1. The zero-order valence-electron chi connectivity index (χ0n) is 14.0. The van der Waals surface area contributed by atoms with Crippen LogP contribution in [0.15, 0.2) is 18.2 Å². The van der Waals surface area contributed by atoms with Gasteiger partial charge in [-0.05, 0) is 43.4 Å². The summed E-state index contributed by atoms with van der Waals surface area (Å²) in [5.41, 5.74) is 1.46. The Bertz CT molecular complexity index is 571. The zero-order chi connectivity index (χ0) is 16.8. The molecule has 1 aromatic rings. The average molecular weight is 318 g/mol. The van der Waals surface area contributed by atoms with Gasteiger partial charge in [0.2, 0.25) is 5.91 Å². The third-order valence-electron chi connectivity index (χ3n) is 4.29. The Labute approximate surface area is 137 Å². The van der Waals surface area contributed by atoms with Gasteiger partial charge >= 0.3 is 5.97 Å². The first-order valence-corrected chi connectivity index (χ1v) is 8.43. The quantitative estimate of drug-likeness (QED) is 0.838. The number of aromatic carboxylic acids is 1. The third kappa shape index (κ3) is 4.71. The number of carboxylic acids is 1. The molecule has 126 valence electrons. The van der Waals surface area contributed by atoms with Gasteiger partial charge in [-0.1, -0.05) is 20.3 Å². The lowest BCUT2D eigenvalue weighted by Crippen LogP contribution is -2.34. The lowest BCUT2D eigenvalue weighted by Gasteiger charge is -2.33. The summed E-state index contributed by atoms with van der Waals surface area (Å²) in [5.74, 6) is -0.526. The number of nitrogens with one attached hydrogen (secondary N) is 1. The molecule has 1 aliphatic heterocycles. The number of benzene rings is 1. The molecule has 5 nitrogen and oxygen atoms in total. The Morgan fingerprint density at radius 3 is 2.83 bits per heavy atom. The maximum Gasteiger partial charge on any atom is 0.337 e. The van der Waals surface area contributed by atoms with Gasteiger partial charge in [-0.25, -0.2) is 4.79 Å². The van der Waals surface area contributed by atoms with Crippen LogP contribution in [0.2, 0.25) is 0 Å². The molecule has 0 bridgehead atoms. The minimum absolute atomic E-state index is 0.131. The number of rotatable bonds is 6. The van der Waals surface area contributed by atoms with Gasteiger partial charge in [-0.15, -0.1) is 0 Å². The van der Waals surface area contributed by atoms with Crippen LogP contribution in [0.25, 0.3) is 0 Å². The van der Waals surface area contributed by atoms with Crippen LogP contribution in [0.5, 0.6) is 0 Å². The third-order valence-corrected chi connectivity index (χ3v) is 4.29. The molecule has 2 N–H and O–H groups in total. The van der Waals surface area contributed by atoms with Crippen molar-refractivity contribution in [2.24, 2.45) is 5.92 Å². The van der Waals surface area contributed by atoms with Crippen molar-refractivity contribution in [2.75, 3.05) is 23.3 Å². The van der Waals surface area contributed by atoms with E-state index in [1.165, 1.54) is 6.42 Å². The SMILES string of the molecule is CCCCC(=O)Nc1ccc(N2CCCC(C)C2)cc1C(=O)O. The first-order valence-electron chi connectivity index (χ1n) is 8.43. The number of unbranched alkanes of at least 4 members (excludes halogenated alkanes) is 1. The van der Waals surface area contributed by atoms with Crippen LogP contribution in [0.4, 0.5) is 11.4 Å². The molecule has 2 rings (SSSR count). The number of carbonyl (C=O) groups excluding carboxylic acids is 1. The summed E-state index contributed by atoms with van der Waals surface area (Å²) in [7, 11) is 0. The molecule has 1 unspecified atom stereocenters. The molecule has 0 radical (unpaired) electrons. The van der Waals surface area contributed by atoms with Crippen LogP contribution >= 0.6 is 0 Å². The summed E-state index contributed by atoms with van der Waals surface area (Å²) in [5, 5.41) is 12.2.